The van der Waals surface area contributed by atoms with E-state index in [-0.39, 0.29) is 16.8 Å². The van der Waals surface area contributed by atoms with Gasteiger partial charge in [-0.1, -0.05) is 43.2 Å². The molecule has 144 valence electrons. The number of hydrogen-bond acceptors (Lipinski definition) is 4. The van der Waals surface area contributed by atoms with Crippen molar-refractivity contribution in [2.24, 2.45) is 5.92 Å². The second-order valence-electron chi connectivity index (χ2n) is 7.00. The molecule has 0 radical (unpaired) electrons. The van der Waals surface area contributed by atoms with E-state index in [4.69, 9.17) is 0 Å². The summed E-state index contributed by atoms with van der Waals surface area (Å²) in [5.41, 5.74) is 1.34. The number of carbonyl (C=O) groups excluding carboxylic acids is 1. The number of aliphatic carboxylic acids is 1. The average Bonchev–Trinajstić information content (AvgIpc) is 3.13. The third-order valence-corrected chi connectivity index (χ3v) is 5.21. The number of carboxylic acids is 1. The highest BCUT2D eigenvalue weighted by molar-refractivity contribution is 6.00. The van der Waals surface area contributed by atoms with E-state index in [1.165, 1.54) is 16.8 Å². The Hall–Kier alpha value is -3.42. The minimum atomic E-state index is -0.898. The Balaban J connectivity index is 1.68. The van der Waals surface area contributed by atoms with Crippen molar-refractivity contribution in [3.63, 3.8) is 0 Å². The summed E-state index contributed by atoms with van der Waals surface area (Å²) in [4.78, 5) is 41.2. The maximum atomic E-state index is 12.8. The van der Waals surface area contributed by atoms with Crippen molar-refractivity contribution >= 4 is 17.5 Å². The summed E-state index contributed by atoms with van der Waals surface area (Å²) in [6, 6.07) is 10.2. The minimum Gasteiger partial charge on any atom is -0.481 e. The van der Waals surface area contributed by atoms with E-state index in [9.17, 15) is 19.5 Å². The first-order chi connectivity index (χ1) is 13.5. The Morgan fingerprint density at radius 2 is 1.93 bits per heavy atom. The second kappa shape index (κ2) is 7.30. The fourth-order valence-corrected chi connectivity index (χ4v) is 3.75. The van der Waals surface area contributed by atoms with Gasteiger partial charge in [0, 0.05) is 23.9 Å². The van der Waals surface area contributed by atoms with E-state index in [1.807, 2.05) is 30.3 Å². The van der Waals surface area contributed by atoms with E-state index in [0.717, 1.165) is 18.4 Å². The number of rotatable bonds is 4. The maximum Gasteiger partial charge on any atom is 0.308 e. The van der Waals surface area contributed by atoms with Gasteiger partial charge in [-0.05, 0) is 12.8 Å². The first-order valence-electron chi connectivity index (χ1n) is 9.25. The molecular weight excluding hydrogens is 360 g/mol. The topological polar surface area (TPSA) is 117 Å². The van der Waals surface area contributed by atoms with Crippen molar-refractivity contribution in [3.8, 4) is 11.3 Å². The highest BCUT2D eigenvalue weighted by Crippen LogP contribution is 2.25. The number of carbonyl (C=O) groups is 2. The Kier molecular flexibility index (Phi) is 4.68. The molecule has 2 atom stereocenters. The Bertz CT molecular complexity index is 1090. The number of nitrogens with zero attached hydrogens (tertiary/aromatic N) is 2. The van der Waals surface area contributed by atoms with Gasteiger partial charge in [-0.3, -0.25) is 19.5 Å². The fourth-order valence-electron chi connectivity index (χ4n) is 3.75. The summed E-state index contributed by atoms with van der Waals surface area (Å²) < 4.78 is 1.21. The number of amides is 1. The molecular formula is C20H20N4O4. The monoisotopic (exact) mass is 380 g/mol. The van der Waals surface area contributed by atoms with Crippen molar-refractivity contribution in [2.45, 2.75) is 31.7 Å². The standard InChI is InChI=1S/C20H20N4O4/c25-17-10-16(12-6-2-1-3-7-12)22-18-14(11-21-24(17)18)19(26)23-15-9-5-4-8-13(15)20(27)28/h1-3,6-7,10-11,13,15,21H,4-5,8-9H2,(H,23,26)(H,27,28). The summed E-state index contributed by atoms with van der Waals surface area (Å²) in [6.45, 7) is 0. The lowest BCUT2D eigenvalue weighted by Crippen LogP contribution is -2.45. The van der Waals surface area contributed by atoms with Crippen molar-refractivity contribution in [1.29, 1.82) is 0 Å². The molecule has 0 saturated heterocycles. The molecule has 8 nitrogen and oxygen atoms in total. The Labute approximate surface area is 160 Å². The normalized spacial score (nSPS) is 19.4. The summed E-state index contributed by atoms with van der Waals surface area (Å²) in [7, 11) is 0. The van der Waals surface area contributed by atoms with Crippen molar-refractivity contribution in [1.82, 2.24) is 19.9 Å². The lowest BCUT2D eigenvalue weighted by atomic mass is 9.84. The van der Waals surface area contributed by atoms with Crippen molar-refractivity contribution < 1.29 is 14.7 Å². The number of nitrogens with one attached hydrogen (secondary N) is 2. The van der Waals surface area contributed by atoms with Crippen LogP contribution in [0.4, 0.5) is 0 Å². The van der Waals surface area contributed by atoms with Crippen LogP contribution >= 0.6 is 0 Å². The molecule has 1 aromatic carbocycles. The van der Waals surface area contributed by atoms with Crippen LogP contribution in [0.5, 0.6) is 0 Å². The number of H-pyrrole nitrogens is 1. The van der Waals surface area contributed by atoms with Gasteiger partial charge in [-0.15, -0.1) is 0 Å². The van der Waals surface area contributed by atoms with Crippen LogP contribution < -0.4 is 10.9 Å². The summed E-state index contributed by atoms with van der Waals surface area (Å²) in [5.74, 6) is -1.93. The number of hydrogen-bond donors (Lipinski definition) is 3. The third kappa shape index (κ3) is 3.28. The lowest BCUT2D eigenvalue weighted by Gasteiger charge is -2.29. The Morgan fingerprint density at radius 3 is 2.68 bits per heavy atom. The fraction of sp³-hybridized carbons (Fsp3) is 0.300. The SMILES string of the molecule is O=C(NC1CCCCC1C(=O)O)c1c[nH]n2c(=O)cc(-c3ccccc3)nc12. The molecule has 28 heavy (non-hydrogen) atoms. The van der Waals surface area contributed by atoms with Crippen LogP contribution in [0.15, 0.2) is 47.4 Å². The van der Waals surface area contributed by atoms with Gasteiger partial charge >= 0.3 is 5.97 Å². The maximum absolute atomic E-state index is 12.8. The molecule has 1 aliphatic rings. The van der Waals surface area contributed by atoms with Crippen molar-refractivity contribution in [3.05, 3.63) is 58.5 Å². The number of fused-ring (bicyclic) bond motifs is 1. The predicted molar refractivity (Wildman–Crippen MR) is 102 cm³/mol. The van der Waals surface area contributed by atoms with Gasteiger partial charge in [0.2, 0.25) is 0 Å². The quantitative estimate of drug-likeness (QED) is 0.641. The zero-order chi connectivity index (χ0) is 19.7. The first kappa shape index (κ1) is 18.0. The van der Waals surface area contributed by atoms with Crippen LogP contribution in [0.25, 0.3) is 16.9 Å². The second-order valence-corrected chi connectivity index (χ2v) is 7.00. The molecule has 0 spiro atoms. The van der Waals surface area contributed by atoms with Gasteiger partial charge < -0.3 is 10.4 Å². The molecule has 2 aromatic heterocycles. The van der Waals surface area contributed by atoms with E-state index in [0.29, 0.717) is 18.5 Å². The van der Waals surface area contributed by atoms with Gasteiger partial charge in [0.05, 0.1) is 11.6 Å². The van der Waals surface area contributed by atoms with Crippen LogP contribution in [0, 0.1) is 5.92 Å². The smallest absolute Gasteiger partial charge is 0.308 e. The number of carboxylic acid groups (broad SMARTS) is 1. The molecule has 2 heterocycles. The van der Waals surface area contributed by atoms with Crippen LogP contribution in [-0.4, -0.2) is 37.6 Å². The molecule has 1 amide bonds. The van der Waals surface area contributed by atoms with E-state index >= 15 is 0 Å². The molecule has 1 fully saturated rings. The van der Waals surface area contributed by atoms with Gasteiger partial charge in [-0.25, -0.2) is 9.50 Å². The molecule has 0 aliphatic heterocycles. The summed E-state index contributed by atoms with van der Waals surface area (Å²) in [6.07, 6.45) is 4.30. The average molecular weight is 380 g/mol. The van der Waals surface area contributed by atoms with Gasteiger partial charge in [0.1, 0.15) is 5.56 Å². The third-order valence-electron chi connectivity index (χ3n) is 5.21. The molecule has 3 N–H and O–H groups in total. The summed E-state index contributed by atoms with van der Waals surface area (Å²) >= 11 is 0. The van der Waals surface area contributed by atoms with E-state index in [1.54, 1.807) is 0 Å². The van der Waals surface area contributed by atoms with Crippen LogP contribution in [-0.2, 0) is 4.79 Å². The lowest BCUT2D eigenvalue weighted by molar-refractivity contribution is -0.143. The number of aromatic nitrogens is 3. The van der Waals surface area contributed by atoms with Gasteiger partial charge in [0.15, 0.2) is 5.65 Å². The Morgan fingerprint density at radius 1 is 1.18 bits per heavy atom. The zero-order valence-corrected chi connectivity index (χ0v) is 15.1. The molecule has 1 saturated carbocycles. The van der Waals surface area contributed by atoms with Gasteiger partial charge in [-0.2, -0.15) is 0 Å². The van der Waals surface area contributed by atoms with Crippen molar-refractivity contribution in [2.75, 3.05) is 0 Å². The number of benzene rings is 1. The predicted octanol–water partition coefficient (Wildman–Crippen LogP) is 2.06. The molecule has 2 unspecified atom stereocenters. The van der Waals surface area contributed by atoms with Crippen LogP contribution in [0.1, 0.15) is 36.0 Å². The van der Waals surface area contributed by atoms with Crippen LogP contribution in [0.3, 0.4) is 0 Å². The summed E-state index contributed by atoms with van der Waals surface area (Å²) in [5, 5.41) is 15.0. The zero-order valence-electron chi connectivity index (χ0n) is 15.1. The largest absolute Gasteiger partial charge is 0.481 e. The molecule has 8 heteroatoms. The van der Waals surface area contributed by atoms with E-state index < -0.39 is 23.8 Å². The molecule has 0 bridgehead atoms. The molecule has 4 rings (SSSR count). The minimum absolute atomic E-state index is 0.213. The highest BCUT2D eigenvalue weighted by atomic mass is 16.4. The molecule has 3 aromatic rings. The van der Waals surface area contributed by atoms with Crippen LogP contribution in [0.2, 0.25) is 0 Å². The highest BCUT2D eigenvalue weighted by Gasteiger charge is 2.32. The van der Waals surface area contributed by atoms with E-state index in [2.05, 4.69) is 15.4 Å². The van der Waals surface area contributed by atoms with Gasteiger partial charge in [0.25, 0.3) is 11.5 Å². The molecule has 1 aliphatic carbocycles. The number of aromatic amines is 1. The first-order valence-corrected chi connectivity index (χ1v) is 9.25.